The molecule has 1 atom stereocenters. The number of esters is 1. The highest BCUT2D eigenvalue weighted by atomic mass is 16.5. The summed E-state index contributed by atoms with van der Waals surface area (Å²) < 4.78 is 5.03. The fraction of sp³-hybridized carbons (Fsp3) is 0.857. The number of hydrogen-bond donors (Lipinski definition) is 1. The maximum absolute atomic E-state index is 10.8. The fourth-order valence-electron chi connectivity index (χ4n) is 2.79. The van der Waals surface area contributed by atoms with Crippen LogP contribution in [-0.4, -0.2) is 25.7 Å². The number of unbranched alkanes of at least 4 members (excludes halogenated alkanes) is 11. The minimum absolute atomic E-state index is 0.208. The topological polar surface area (TPSA) is 38.3 Å². The van der Waals surface area contributed by atoms with Gasteiger partial charge < -0.3 is 10.1 Å². The molecule has 24 heavy (non-hydrogen) atoms. The number of carbonyl (C=O) groups is 1. The molecule has 3 heteroatoms. The predicted octanol–water partition coefficient (Wildman–Crippen LogP) is 5.78. The van der Waals surface area contributed by atoms with Crippen LogP contribution >= 0.6 is 0 Å². The lowest BCUT2D eigenvalue weighted by atomic mass is 10.1. The van der Waals surface area contributed by atoms with Crippen LogP contribution in [0.25, 0.3) is 0 Å². The van der Waals surface area contributed by atoms with Gasteiger partial charge in [-0.25, -0.2) is 0 Å². The molecule has 0 aromatic carbocycles. The Labute approximate surface area is 150 Å². The molecule has 0 aromatic heterocycles. The van der Waals surface area contributed by atoms with E-state index < -0.39 is 0 Å². The van der Waals surface area contributed by atoms with Crippen molar-refractivity contribution in [3.05, 3.63) is 12.2 Å². The van der Waals surface area contributed by atoms with E-state index in [-0.39, 0.29) is 12.0 Å². The average Bonchev–Trinajstić information content (AvgIpc) is 2.57. The van der Waals surface area contributed by atoms with E-state index in [4.69, 9.17) is 4.74 Å². The van der Waals surface area contributed by atoms with Gasteiger partial charge in [-0.15, -0.1) is 0 Å². The Morgan fingerprint density at radius 1 is 0.917 bits per heavy atom. The number of allylic oxidation sites excluding steroid dienone is 1. The van der Waals surface area contributed by atoms with Crippen molar-refractivity contribution < 1.29 is 9.53 Å². The van der Waals surface area contributed by atoms with Crippen LogP contribution in [0.15, 0.2) is 12.2 Å². The molecular formula is C21H41NO2. The number of ether oxygens (including phenoxy) is 1. The molecule has 0 aliphatic heterocycles. The van der Waals surface area contributed by atoms with Crippen LogP contribution in [-0.2, 0) is 9.53 Å². The van der Waals surface area contributed by atoms with E-state index in [2.05, 4.69) is 24.4 Å². The molecule has 0 spiro atoms. The largest absolute Gasteiger partial charge is 0.464 e. The molecule has 0 fully saturated rings. The summed E-state index contributed by atoms with van der Waals surface area (Å²) in [4.78, 5) is 10.8. The van der Waals surface area contributed by atoms with Crippen molar-refractivity contribution in [3.63, 3.8) is 0 Å². The van der Waals surface area contributed by atoms with Crippen molar-refractivity contribution in [3.8, 4) is 0 Å². The van der Waals surface area contributed by atoms with Gasteiger partial charge in [-0.3, -0.25) is 4.79 Å². The van der Waals surface area contributed by atoms with Crippen molar-refractivity contribution in [1.29, 1.82) is 0 Å². The molecule has 0 aromatic rings. The van der Waals surface area contributed by atoms with E-state index in [9.17, 15) is 4.79 Å². The van der Waals surface area contributed by atoms with E-state index in [0.29, 0.717) is 6.61 Å². The highest BCUT2D eigenvalue weighted by molar-refractivity contribution is 5.65. The van der Waals surface area contributed by atoms with Crippen LogP contribution in [0.3, 0.4) is 0 Å². The summed E-state index contributed by atoms with van der Waals surface area (Å²) in [6, 6.07) is 0.225. The maximum atomic E-state index is 10.8. The zero-order valence-corrected chi connectivity index (χ0v) is 16.4. The molecule has 0 rings (SSSR count). The minimum atomic E-state index is -0.208. The first-order valence-corrected chi connectivity index (χ1v) is 10.2. The lowest BCUT2D eigenvalue weighted by Crippen LogP contribution is -2.30. The summed E-state index contributed by atoms with van der Waals surface area (Å²) >= 11 is 0. The Balaban J connectivity index is 3.32. The minimum Gasteiger partial charge on any atom is -0.464 e. The Kier molecular flexibility index (Phi) is 17.9. The quantitative estimate of drug-likeness (QED) is 0.207. The first-order valence-electron chi connectivity index (χ1n) is 10.2. The highest BCUT2D eigenvalue weighted by Gasteiger charge is 2.05. The van der Waals surface area contributed by atoms with Gasteiger partial charge in [0.1, 0.15) is 6.61 Å². The lowest BCUT2D eigenvalue weighted by molar-refractivity contribution is -0.141. The molecule has 0 bridgehead atoms. The third-order valence-electron chi connectivity index (χ3n) is 4.46. The second-order valence-electron chi connectivity index (χ2n) is 6.82. The van der Waals surface area contributed by atoms with Crippen LogP contribution in [0.1, 0.15) is 97.3 Å². The molecule has 0 saturated carbocycles. The molecule has 3 nitrogen and oxygen atoms in total. The molecule has 142 valence electrons. The summed E-state index contributed by atoms with van der Waals surface area (Å²) in [5.41, 5.74) is 0. The third-order valence-corrected chi connectivity index (χ3v) is 4.46. The second-order valence-corrected chi connectivity index (χ2v) is 6.82. The molecule has 0 heterocycles. The first kappa shape index (κ1) is 23.2. The lowest BCUT2D eigenvalue weighted by Gasteiger charge is -2.13. The number of nitrogens with one attached hydrogen (secondary N) is 1. The normalized spacial score (nSPS) is 12.6. The fourth-order valence-corrected chi connectivity index (χ4v) is 2.79. The van der Waals surface area contributed by atoms with E-state index in [0.717, 1.165) is 6.42 Å². The standard InChI is InChI=1S/C21H41NO2/c1-4-5-6-7-8-9-10-11-12-13-14-15-16-17-18-21(22-3)19-24-20(2)23/h16-17,21-22H,4-15,18-19H2,1-3H3/b17-16+. The maximum Gasteiger partial charge on any atom is 0.302 e. The van der Waals surface area contributed by atoms with Gasteiger partial charge in [0.2, 0.25) is 0 Å². The van der Waals surface area contributed by atoms with Gasteiger partial charge >= 0.3 is 5.97 Å². The van der Waals surface area contributed by atoms with E-state index in [1.807, 2.05) is 7.05 Å². The average molecular weight is 340 g/mol. The Morgan fingerprint density at radius 3 is 1.96 bits per heavy atom. The Hall–Kier alpha value is -0.830. The summed E-state index contributed by atoms with van der Waals surface area (Å²) in [6.07, 6.45) is 21.9. The van der Waals surface area contributed by atoms with E-state index in [1.54, 1.807) is 0 Å². The molecule has 0 amide bonds. The van der Waals surface area contributed by atoms with Crippen molar-refractivity contribution in [2.75, 3.05) is 13.7 Å². The summed E-state index contributed by atoms with van der Waals surface area (Å²) in [5.74, 6) is -0.208. The molecule has 0 aliphatic rings. The zero-order chi connectivity index (χ0) is 17.9. The van der Waals surface area contributed by atoms with Crippen molar-refractivity contribution >= 4 is 5.97 Å². The molecule has 1 unspecified atom stereocenters. The number of likely N-dealkylation sites (N-methyl/N-ethyl adjacent to an activating group) is 1. The molecule has 0 radical (unpaired) electrons. The van der Waals surface area contributed by atoms with Gasteiger partial charge in [0.05, 0.1) is 0 Å². The van der Waals surface area contributed by atoms with Crippen LogP contribution in [0.5, 0.6) is 0 Å². The summed E-state index contributed by atoms with van der Waals surface area (Å²) in [6.45, 7) is 4.18. The first-order chi connectivity index (χ1) is 11.7. The third kappa shape index (κ3) is 17.5. The van der Waals surface area contributed by atoms with Gasteiger partial charge in [-0.1, -0.05) is 83.3 Å². The van der Waals surface area contributed by atoms with Gasteiger partial charge in [-0.2, -0.15) is 0 Å². The number of rotatable bonds is 17. The predicted molar refractivity (Wildman–Crippen MR) is 104 cm³/mol. The van der Waals surface area contributed by atoms with Crippen LogP contribution < -0.4 is 5.32 Å². The SMILES string of the molecule is CCCCCCCCCCCCC/C=C/CC(COC(C)=O)NC. The summed E-state index contributed by atoms with van der Waals surface area (Å²) in [5, 5.41) is 3.18. The Morgan fingerprint density at radius 2 is 1.46 bits per heavy atom. The Bertz CT molecular complexity index is 302. The van der Waals surface area contributed by atoms with Crippen LogP contribution in [0.4, 0.5) is 0 Å². The molecule has 1 N–H and O–H groups in total. The van der Waals surface area contributed by atoms with Gasteiger partial charge in [0.25, 0.3) is 0 Å². The smallest absolute Gasteiger partial charge is 0.302 e. The van der Waals surface area contributed by atoms with Crippen molar-refractivity contribution in [2.45, 2.75) is 103 Å². The molecular weight excluding hydrogens is 298 g/mol. The number of hydrogen-bond acceptors (Lipinski definition) is 3. The van der Waals surface area contributed by atoms with Crippen LogP contribution in [0, 0.1) is 0 Å². The van der Waals surface area contributed by atoms with Gasteiger partial charge in [0, 0.05) is 13.0 Å². The van der Waals surface area contributed by atoms with E-state index >= 15 is 0 Å². The number of carbonyl (C=O) groups excluding carboxylic acids is 1. The second kappa shape index (κ2) is 18.5. The van der Waals surface area contributed by atoms with Gasteiger partial charge in [0.15, 0.2) is 0 Å². The monoisotopic (exact) mass is 339 g/mol. The summed E-state index contributed by atoms with van der Waals surface area (Å²) in [7, 11) is 1.91. The zero-order valence-electron chi connectivity index (χ0n) is 16.4. The van der Waals surface area contributed by atoms with E-state index in [1.165, 1.54) is 84.0 Å². The molecule has 0 saturated heterocycles. The van der Waals surface area contributed by atoms with Crippen LogP contribution in [0.2, 0.25) is 0 Å². The van der Waals surface area contributed by atoms with Gasteiger partial charge in [-0.05, 0) is 26.3 Å². The van der Waals surface area contributed by atoms with Crippen molar-refractivity contribution in [1.82, 2.24) is 5.32 Å². The van der Waals surface area contributed by atoms with Crippen molar-refractivity contribution in [2.24, 2.45) is 0 Å². The molecule has 0 aliphatic carbocycles. The highest BCUT2D eigenvalue weighted by Crippen LogP contribution is 2.12.